The van der Waals surface area contributed by atoms with Crippen molar-refractivity contribution in [1.82, 2.24) is 9.97 Å². The standard InChI is InChI=1S/C13H16N6O2/c14-13-17-11(7-12(18-13)19-15)16-8-2-3-9-10(6-8)21-5-1-4-20-9/h2-3,6-7H,1,4-5,15H2,(H4,14,16,17,18,19). The summed E-state index contributed by atoms with van der Waals surface area (Å²) < 4.78 is 11.2. The number of nitrogens with zero attached hydrogens (tertiary/aromatic N) is 2. The number of ether oxygens (including phenoxy) is 2. The zero-order chi connectivity index (χ0) is 14.7. The molecule has 8 nitrogen and oxygen atoms in total. The van der Waals surface area contributed by atoms with Gasteiger partial charge in [0.1, 0.15) is 11.6 Å². The maximum atomic E-state index is 5.64. The SMILES string of the molecule is NNc1cc(Nc2ccc3c(c2)OCCCO3)nc(N)n1. The van der Waals surface area contributed by atoms with Crippen molar-refractivity contribution in [3.8, 4) is 11.5 Å². The molecule has 0 atom stereocenters. The fourth-order valence-corrected chi connectivity index (χ4v) is 1.99. The van der Waals surface area contributed by atoms with E-state index in [1.165, 1.54) is 0 Å². The van der Waals surface area contributed by atoms with Crippen LogP contribution in [0.1, 0.15) is 6.42 Å². The molecule has 0 spiro atoms. The van der Waals surface area contributed by atoms with Crippen LogP contribution in [0.2, 0.25) is 0 Å². The Labute approximate surface area is 121 Å². The Morgan fingerprint density at radius 3 is 2.57 bits per heavy atom. The smallest absolute Gasteiger partial charge is 0.223 e. The highest BCUT2D eigenvalue weighted by Crippen LogP contribution is 2.33. The van der Waals surface area contributed by atoms with Crippen molar-refractivity contribution in [2.45, 2.75) is 6.42 Å². The summed E-state index contributed by atoms with van der Waals surface area (Å²) in [4.78, 5) is 8.02. The largest absolute Gasteiger partial charge is 0.490 e. The molecular weight excluding hydrogens is 272 g/mol. The number of anilines is 4. The Bertz CT molecular complexity index is 649. The molecule has 21 heavy (non-hydrogen) atoms. The first kappa shape index (κ1) is 13.3. The van der Waals surface area contributed by atoms with Crippen molar-refractivity contribution in [3.63, 3.8) is 0 Å². The van der Waals surface area contributed by atoms with E-state index in [1.807, 2.05) is 18.2 Å². The third-order valence-electron chi connectivity index (χ3n) is 2.91. The minimum absolute atomic E-state index is 0.127. The molecule has 6 N–H and O–H groups in total. The second-order valence-electron chi connectivity index (χ2n) is 4.48. The topological polar surface area (TPSA) is 120 Å². The summed E-state index contributed by atoms with van der Waals surface area (Å²) in [7, 11) is 0. The molecular formula is C13H16N6O2. The quantitative estimate of drug-likeness (QED) is 0.492. The van der Waals surface area contributed by atoms with Crippen LogP contribution in [0.5, 0.6) is 11.5 Å². The molecule has 1 aromatic heterocycles. The van der Waals surface area contributed by atoms with Crippen LogP contribution >= 0.6 is 0 Å². The van der Waals surface area contributed by atoms with Gasteiger partial charge in [-0.3, -0.25) is 0 Å². The number of fused-ring (bicyclic) bond motifs is 1. The molecule has 110 valence electrons. The third kappa shape index (κ3) is 3.06. The number of nitrogens with two attached hydrogens (primary N) is 2. The van der Waals surface area contributed by atoms with Gasteiger partial charge in [-0.25, -0.2) is 5.84 Å². The fraction of sp³-hybridized carbons (Fsp3) is 0.231. The third-order valence-corrected chi connectivity index (χ3v) is 2.91. The van der Waals surface area contributed by atoms with E-state index < -0.39 is 0 Å². The summed E-state index contributed by atoms with van der Waals surface area (Å²) in [5.41, 5.74) is 8.86. The Morgan fingerprint density at radius 1 is 1.00 bits per heavy atom. The molecule has 0 saturated heterocycles. The zero-order valence-electron chi connectivity index (χ0n) is 11.3. The van der Waals surface area contributed by atoms with Gasteiger partial charge in [0.15, 0.2) is 11.5 Å². The van der Waals surface area contributed by atoms with Crippen LogP contribution in [0.3, 0.4) is 0 Å². The molecule has 0 radical (unpaired) electrons. The first-order valence-electron chi connectivity index (χ1n) is 6.52. The number of hydrogen-bond donors (Lipinski definition) is 4. The number of nitrogen functional groups attached to an aromatic ring is 2. The van der Waals surface area contributed by atoms with E-state index in [9.17, 15) is 0 Å². The lowest BCUT2D eigenvalue weighted by molar-refractivity contribution is 0.297. The van der Waals surface area contributed by atoms with Gasteiger partial charge in [0.2, 0.25) is 5.95 Å². The minimum atomic E-state index is 0.127. The molecule has 0 unspecified atom stereocenters. The normalized spacial score (nSPS) is 13.4. The average Bonchev–Trinajstić information content (AvgIpc) is 2.71. The highest BCUT2D eigenvalue weighted by Gasteiger charge is 2.11. The molecule has 2 heterocycles. The molecule has 1 aromatic carbocycles. The second kappa shape index (κ2) is 5.71. The Balaban J connectivity index is 1.85. The van der Waals surface area contributed by atoms with Crippen LogP contribution in [-0.2, 0) is 0 Å². The molecule has 0 fully saturated rings. The van der Waals surface area contributed by atoms with Gasteiger partial charge in [-0.1, -0.05) is 0 Å². The molecule has 3 rings (SSSR count). The Kier molecular flexibility index (Phi) is 3.61. The van der Waals surface area contributed by atoms with Crippen molar-refractivity contribution in [1.29, 1.82) is 0 Å². The lowest BCUT2D eigenvalue weighted by Gasteiger charge is -2.11. The van der Waals surface area contributed by atoms with Crippen LogP contribution in [0.25, 0.3) is 0 Å². The van der Waals surface area contributed by atoms with Crippen LogP contribution < -0.4 is 31.8 Å². The van der Waals surface area contributed by atoms with Gasteiger partial charge in [-0.05, 0) is 12.1 Å². The van der Waals surface area contributed by atoms with Crippen molar-refractivity contribution in [2.24, 2.45) is 5.84 Å². The predicted octanol–water partition coefficient (Wildman–Crippen LogP) is 1.25. The highest BCUT2D eigenvalue weighted by molar-refractivity contribution is 5.64. The van der Waals surface area contributed by atoms with Crippen LogP contribution in [0.15, 0.2) is 24.3 Å². The number of rotatable bonds is 3. The maximum absolute atomic E-state index is 5.64. The summed E-state index contributed by atoms with van der Waals surface area (Å²) >= 11 is 0. The molecule has 2 aromatic rings. The summed E-state index contributed by atoms with van der Waals surface area (Å²) in [5, 5.41) is 3.13. The van der Waals surface area contributed by atoms with E-state index >= 15 is 0 Å². The highest BCUT2D eigenvalue weighted by atomic mass is 16.5. The predicted molar refractivity (Wildman–Crippen MR) is 79.6 cm³/mol. The van der Waals surface area contributed by atoms with Gasteiger partial charge >= 0.3 is 0 Å². The number of benzene rings is 1. The molecule has 0 bridgehead atoms. The lowest BCUT2D eigenvalue weighted by Crippen LogP contribution is -2.11. The Hall–Kier alpha value is -2.74. The number of hydrogen-bond acceptors (Lipinski definition) is 8. The van der Waals surface area contributed by atoms with Crippen molar-refractivity contribution >= 4 is 23.3 Å². The van der Waals surface area contributed by atoms with Gasteiger partial charge in [0.25, 0.3) is 0 Å². The Morgan fingerprint density at radius 2 is 1.76 bits per heavy atom. The van der Waals surface area contributed by atoms with E-state index in [0.29, 0.717) is 30.6 Å². The molecule has 0 saturated carbocycles. The summed E-state index contributed by atoms with van der Waals surface area (Å²) in [5.74, 6) is 7.86. The average molecular weight is 288 g/mol. The van der Waals surface area contributed by atoms with Gasteiger partial charge < -0.3 is 25.9 Å². The van der Waals surface area contributed by atoms with E-state index in [4.69, 9.17) is 21.1 Å². The molecule has 0 aliphatic carbocycles. The van der Waals surface area contributed by atoms with Crippen molar-refractivity contribution in [3.05, 3.63) is 24.3 Å². The van der Waals surface area contributed by atoms with E-state index in [2.05, 4.69) is 20.7 Å². The van der Waals surface area contributed by atoms with E-state index in [-0.39, 0.29) is 5.95 Å². The van der Waals surface area contributed by atoms with Crippen LogP contribution in [0.4, 0.5) is 23.3 Å². The van der Waals surface area contributed by atoms with Crippen molar-refractivity contribution in [2.75, 3.05) is 29.7 Å². The monoisotopic (exact) mass is 288 g/mol. The summed E-state index contributed by atoms with van der Waals surface area (Å²) in [6, 6.07) is 7.24. The van der Waals surface area contributed by atoms with Crippen molar-refractivity contribution < 1.29 is 9.47 Å². The fourth-order valence-electron chi connectivity index (χ4n) is 1.99. The van der Waals surface area contributed by atoms with Gasteiger partial charge in [-0.15, -0.1) is 0 Å². The minimum Gasteiger partial charge on any atom is -0.490 e. The zero-order valence-corrected chi connectivity index (χ0v) is 11.3. The molecule has 1 aliphatic rings. The number of aromatic nitrogens is 2. The number of hydrazine groups is 1. The van der Waals surface area contributed by atoms with E-state index in [1.54, 1.807) is 6.07 Å². The van der Waals surface area contributed by atoms with Crippen LogP contribution in [0, 0.1) is 0 Å². The summed E-state index contributed by atoms with van der Waals surface area (Å²) in [6.45, 7) is 1.30. The second-order valence-corrected chi connectivity index (χ2v) is 4.48. The van der Waals surface area contributed by atoms with E-state index in [0.717, 1.165) is 17.9 Å². The van der Waals surface area contributed by atoms with Crippen LogP contribution in [-0.4, -0.2) is 23.2 Å². The first-order valence-corrected chi connectivity index (χ1v) is 6.52. The molecule has 8 heteroatoms. The molecule has 1 aliphatic heterocycles. The van der Waals surface area contributed by atoms with Gasteiger partial charge in [-0.2, -0.15) is 9.97 Å². The van der Waals surface area contributed by atoms with Gasteiger partial charge in [0, 0.05) is 24.2 Å². The summed E-state index contributed by atoms with van der Waals surface area (Å²) in [6.07, 6.45) is 0.866. The van der Waals surface area contributed by atoms with Gasteiger partial charge in [0.05, 0.1) is 13.2 Å². The first-order chi connectivity index (χ1) is 10.2. The molecule has 0 amide bonds. The lowest BCUT2D eigenvalue weighted by atomic mass is 10.2. The number of nitrogens with one attached hydrogen (secondary N) is 2. The maximum Gasteiger partial charge on any atom is 0.223 e.